The van der Waals surface area contributed by atoms with E-state index in [0.29, 0.717) is 0 Å². The van der Waals surface area contributed by atoms with E-state index >= 15 is 0 Å². The molecule has 1 aromatic rings. The monoisotopic (exact) mass is 279 g/mol. The van der Waals surface area contributed by atoms with E-state index in [2.05, 4.69) is 9.17 Å². The van der Waals surface area contributed by atoms with Gasteiger partial charge in [0, 0.05) is 6.07 Å². The van der Waals surface area contributed by atoms with Gasteiger partial charge >= 0.3 is 10.1 Å². The van der Waals surface area contributed by atoms with Crippen LogP contribution in [-0.4, -0.2) is 33.3 Å². The first kappa shape index (κ1) is 13.9. The standard InChI is InChI=1S/C9H13NO5S2/c1-7(2)17(13,14)9-6-4-5-8(10-9)15-16(3,11)12/h4-7H,1-3H3. The van der Waals surface area contributed by atoms with Gasteiger partial charge in [0.15, 0.2) is 14.9 Å². The van der Waals surface area contributed by atoms with Crippen LogP contribution in [0, 0.1) is 0 Å². The van der Waals surface area contributed by atoms with Crippen LogP contribution < -0.4 is 4.18 Å². The van der Waals surface area contributed by atoms with E-state index in [0.717, 1.165) is 6.26 Å². The zero-order valence-corrected chi connectivity index (χ0v) is 11.2. The molecule has 1 rings (SSSR count). The van der Waals surface area contributed by atoms with Crippen molar-refractivity contribution in [1.29, 1.82) is 0 Å². The molecule has 0 saturated carbocycles. The topological polar surface area (TPSA) is 90.4 Å². The van der Waals surface area contributed by atoms with Crippen molar-refractivity contribution < 1.29 is 21.0 Å². The minimum absolute atomic E-state index is 0.200. The van der Waals surface area contributed by atoms with Gasteiger partial charge in [0.1, 0.15) is 0 Å². The summed E-state index contributed by atoms with van der Waals surface area (Å²) < 4.78 is 49.8. The fourth-order valence-corrected chi connectivity index (χ4v) is 2.37. The number of sulfone groups is 1. The molecule has 0 fully saturated rings. The van der Waals surface area contributed by atoms with Gasteiger partial charge in [-0.25, -0.2) is 13.4 Å². The van der Waals surface area contributed by atoms with Crippen molar-refractivity contribution in [3.05, 3.63) is 18.2 Å². The first-order valence-electron chi connectivity index (χ1n) is 4.73. The average molecular weight is 279 g/mol. The lowest BCUT2D eigenvalue weighted by molar-refractivity contribution is 0.478. The molecule has 17 heavy (non-hydrogen) atoms. The van der Waals surface area contributed by atoms with Gasteiger partial charge < -0.3 is 4.18 Å². The molecule has 1 heterocycles. The third-order valence-corrected chi connectivity index (χ3v) is 4.37. The molecule has 0 unspecified atom stereocenters. The van der Waals surface area contributed by atoms with E-state index in [1.54, 1.807) is 0 Å². The van der Waals surface area contributed by atoms with Crippen LogP contribution in [-0.2, 0) is 20.0 Å². The Bertz CT molecular complexity index is 604. The summed E-state index contributed by atoms with van der Waals surface area (Å²) in [5, 5.41) is -0.836. The normalized spacial score (nSPS) is 12.7. The maximum absolute atomic E-state index is 11.8. The third kappa shape index (κ3) is 3.67. The summed E-state index contributed by atoms with van der Waals surface area (Å²) in [5.74, 6) is -0.255. The van der Waals surface area contributed by atoms with Crippen LogP contribution in [0.2, 0.25) is 0 Å². The number of pyridine rings is 1. The van der Waals surface area contributed by atoms with Crippen LogP contribution >= 0.6 is 0 Å². The van der Waals surface area contributed by atoms with Crippen molar-refractivity contribution in [3.63, 3.8) is 0 Å². The van der Waals surface area contributed by atoms with E-state index in [4.69, 9.17) is 0 Å². The summed E-state index contributed by atoms with van der Waals surface area (Å²) in [5.41, 5.74) is 0. The highest BCUT2D eigenvalue weighted by molar-refractivity contribution is 7.92. The molecule has 8 heteroatoms. The van der Waals surface area contributed by atoms with E-state index < -0.39 is 25.2 Å². The van der Waals surface area contributed by atoms with Gasteiger partial charge in [-0.05, 0) is 19.9 Å². The Morgan fingerprint density at radius 2 is 1.76 bits per heavy atom. The second-order valence-electron chi connectivity index (χ2n) is 3.70. The van der Waals surface area contributed by atoms with E-state index in [1.807, 2.05) is 0 Å². The van der Waals surface area contributed by atoms with Crippen molar-refractivity contribution in [2.24, 2.45) is 0 Å². The first-order chi connectivity index (χ1) is 7.63. The second kappa shape index (κ2) is 4.61. The summed E-state index contributed by atoms with van der Waals surface area (Å²) in [6.07, 6.45) is 0.859. The quantitative estimate of drug-likeness (QED) is 0.750. The smallest absolute Gasteiger partial charge is 0.307 e. The van der Waals surface area contributed by atoms with Crippen molar-refractivity contribution >= 4 is 20.0 Å². The highest BCUT2D eigenvalue weighted by Gasteiger charge is 2.21. The highest BCUT2D eigenvalue weighted by atomic mass is 32.2. The predicted octanol–water partition coefficient (Wildman–Crippen LogP) is 0.602. The van der Waals surface area contributed by atoms with Crippen LogP contribution in [0.15, 0.2) is 23.2 Å². The summed E-state index contributed by atoms with van der Waals surface area (Å²) >= 11 is 0. The van der Waals surface area contributed by atoms with Crippen molar-refractivity contribution in [3.8, 4) is 5.88 Å². The number of hydrogen-bond donors (Lipinski definition) is 0. The fraction of sp³-hybridized carbons (Fsp3) is 0.444. The Morgan fingerprint density at radius 3 is 2.24 bits per heavy atom. The molecular weight excluding hydrogens is 266 g/mol. The van der Waals surface area contributed by atoms with Gasteiger partial charge in [0.2, 0.25) is 5.88 Å². The molecule has 0 atom stereocenters. The third-order valence-electron chi connectivity index (χ3n) is 1.85. The van der Waals surface area contributed by atoms with Gasteiger partial charge in [0.25, 0.3) is 0 Å². The molecule has 0 bridgehead atoms. The lowest BCUT2D eigenvalue weighted by Crippen LogP contribution is -2.16. The average Bonchev–Trinajstić information content (AvgIpc) is 2.15. The maximum atomic E-state index is 11.8. The van der Waals surface area contributed by atoms with Gasteiger partial charge in [0.05, 0.1) is 11.5 Å². The van der Waals surface area contributed by atoms with Gasteiger partial charge in [-0.15, -0.1) is 0 Å². The number of aromatic nitrogens is 1. The van der Waals surface area contributed by atoms with E-state index in [1.165, 1.54) is 32.0 Å². The molecule has 0 aliphatic rings. The molecule has 0 spiro atoms. The Balaban J connectivity index is 3.20. The molecule has 0 saturated heterocycles. The van der Waals surface area contributed by atoms with Crippen LogP contribution in [0.1, 0.15) is 13.8 Å². The zero-order valence-electron chi connectivity index (χ0n) is 9.61. The van der Waals surface area contributed by atoms with Crippen LogP contribution in [0.3, 0.4) is 0 Å². The molecule has 0 aliphatic carbocycles. The maximum Gasteiger partial charge on any atom is 0.307 e. The Labute approximate surface area is 101 Å². The summed E-state index contributed by atoms with van der Waals surface area (Å²) in [6.45, 7) is 3.03. The van der Waals surface area contributed by atoms with Crippen LogP contribution in [0.25, 0.3) is 0 Å². The lowest BCUT2D eigenvalue weighted by Gasteiger charge is -2.08. The number of rotatable bonds is 4. The molecule has 0 N–H and O–H groups in total. The van der Waals surface area contributed by atoms with E-state index in [9.17, 15) is 16.8 Å². The van der Waals surface area contributed by atoms with Crippen molar-refractivity contribution in [1.82, 2.24) is 4.98 Å². The van der Waals surface area contributed by atoms with E-state index in [-0.39, 0.29) is 10.9 Å². The minimum Gasteiger partial charge on any atom is -0.362 e. The number of nitrogens with zero attached hydrogens (tertiary/aromatic N) is 1. The Morgan fingerprint density at radius 1 is 1.18 bits per heavy atom. The molecule has 0 aliphatic heterocycles. The molecule has 1 aromatic heterocycles. The molecule has 6 nitrogen and oxygen atoms in total. The first-order valence-corrected chi connectivity index (χ1v) is 8.09. The number of hydrogen-bond acceptors (Lipinski definition) is 6. The predicted molar refractivity (Wildman–Crippen MR) is 62.0 cm³/mol. The van der Waals surface area contributed by atoms with Gasteiger partial charge in [-0.1, -0.05) is 6.07 Å². The van der Waals surface area contributed by atoms with Crippen molar-refractivity contribution in [2.45, 2.75) is 24.1 Å². The summed E-state index contributed by atoms with van der Waals surface area (Å²) in [6, 6.07) is 3.95. The minimum atomic E-state index is -3.72. The largest absolute Gasteiger partial charge is 0.362 e. The molecule has 0 amide bonds. The molecule has 0 radical (unpaired) electrons. The van der Waals surface area contributed by atoms with Crippen LogP contribution in [0.5, 0.6) is 5.88 Å². The molecule has 0 aromatic carbocycles. The fourth-order valence-electron chi connectivity index (χ4n) is 0.997. The van der Waals surface area contributed by atoms with Crippen molar-refractivity contribution in [2.75, 3.05) is 6.26 Å². The SMILES string of the molecule is CC(C)S(=O)(=O)c1cccc(OS(C)(=O)=O)n1. The second-order valence-corrected chi connectivity index (χ2v) is 7.72. The van der Waals surface area contributed by atoms with Gasteiger partial charge in [-0.3, -0.25) is 0 Å². The zero-order chi connectivity index (χ0) is 13.3. The van der Waals surface area contributed by atoms with Crippen LogP contribution in [0.4, 0.5) is 0 Å². The van der Waals surface area contributed by atoms with Gasteiger partial charge in [-0.2, -0.15) is 8.42 Å². The lowest BCUT2D eigenvalue weighted by atomic mass is 10.5. The Hall–Kier alpha value is -1.15. The Kier molecular flexibility index (Phi) is 3.78. The highest BCUT2D eigenvalue weighted by Crippen LogP contribution is 2.17. The molecular formula is C9H13NO5S2. The molecule has 96 valence electrons. The summed E-state index contributed by atoms with van der Waals surface area (Å²) in [7, 11) is -7.26. The summed E-state index contributed by atoms with van der Waals surface area (Å²) in [4.78, 5) is 3.66.